The number of nitrogens with one attached hydrogen (secondary N) is 1. The molecule has 1 aliphatic rings. The zero-order valence-electron chi connectivity index (χ0n) is 13.2. The van der Waals surface area contributed by atoms with Crippen LogP contribution in [0.3, 0.4) is 0 Å². The summed E-state index contributed by atoms with van der Waals surface area (Å²) in [6.07, 6.45) is 3.59. The summed E-state index contributed by atoms with van der Waals surface area (Å²) >= 11 is 0. The number of aromatic nitrogens is 2. The first kappa shape index (κ1) is 14.0. The molecule has 4 heteroatoms. The second-order valence-electron chi connectivity index (χ2n) is 5.82. The number of fused-ring (bicyclic) bond motifs is 1. The fourth-order valence-corrected chi connectivity index (χ4v) is 2.95. The van der Waals surface area contributed by atoms with Crippen molar-refractivity contribution in [2.45, 2.75) is 32.7 Å². The summed E-state index contributed by atoms with van der Waals surface area (Å²) in [7, 11) is 4.13. The Morgan fingerprint density at radius 1 is 1.19 bits per heavy atom. The quantitative estimate of drug-likeness (QED) is 0.938. The molecule has 2 aromatic rings. The molecule has 1 aliphatic heterocycles. The molecule has 0 atom stereocenters. The molecule has 4 nitrogen and oxygen atoms in total. The predicted octanol–water partition coefficient (Wildman–Crippen LogP) is 3.38. The lowest BCUT2D eigenvalue weighted by Gasteiger charge is -2.12. The van der Waals surface area contributed by atoms with Crippen LogP contribution in [0.4, 0.5) is 11.5 Å². The lowest BCUT2D eigenvalue weighted by atomic mass is 10.0. The Morgan fingerprint density at radius 3 is 2.62 bits per heavy atom. The average Bonchev–Trinajstić information content (AvgIpc) is 2.68. The van der Waals surface area contributed by atoms with Gasteiger partial charge in [0.2, 0.25) is 0 Å². The molecule has 21 heavy (non-hydrogen) atoms. The first-order chi connectivity index (χ1) is 10.2. The predicted molar refractivity (Wildman–Crippen MR) is 89.1 cm³/mol. The van der Waals surface area contributed by atoms with Crippen LogP contribution in [0, 0.1) is 0 Å². The maximum Gasteiger partial charge on any atom is 0.128 e. The van der Waals surface area contributed by atoms with Crippen molar-refractivity contribution in [2.75, 3.05) is 30.9 Å². The van der Waals surface area contributed by atoms with E-state index in [0.29, 0.717) is 0 Å². The summed E-state index contributed by atoms with van der Waals surface area (Å²) < 4.78 is 2.11. The van der Waals surface area contributed by atoms with Gasteiger partial charge in [-0.1, -0.05) is 12.1 Å². The van der Waals surface area contributed by atoms with Gasteiger partial charge in [0.15, 0.2) is 0 Å². The van der Waals surface area contributed by atoms with Crippen LogP contribution >= 0.6 is 0 Å². The molecule has 0 fully saturated rings. The number of nitrogens with zero attached hydrogens (tertiary/aromatic N) is 3. The van der Waals surface area contributed by atoms with Gasteiger partial charge in [0.25, 0.3) is 0 Å². The van der Waals surface area contributed by atoms with Crippen LogP contribution in [0.15, 0.2) is 24.3 Å². The largest absolute Gasteiger partial charge is 0.378 e. The summed E-state index contributed by atoms with van der Waals surface area (Å²) in [5, 5.41) is 8.39. The third-order valence-corrected chi connectivity index (χ3v) is 4.15. The maximum atomic E-state index is 4.84. The summed E-state index contributed by atoms with van der Waals surface area (Å²) in [5.41, 5.74) is 4.96. The first-order valence-electron chi connectivity index (χ1n) is 7.82. The van der Waals surface area contributed by atoms with E-state index >= 15 is 0 Å². The molecule has 0 spiro atoms. The Labute approximate surface area is 126 Å². The van der Waals surface area contributed by atoms with E-state index in [2.05, 4.69) is 60.2 Å². The van der Waals surface area contributed by atoms with Crippen LogP contribution < -0.4 is 10.2 Å². The highest BCUT2D eigenvalue weighted by Crippen LogP contribution is 2.32. The minimum Gasteiger partial charge on any atom is -0.378 e. The van der Waals surface area contributed by atoms with E-state index in [9.17, 15) is 0 Å². The molecule has 1 aromatic carbocycles. The van der Waals surface area contributed by atoms with Crippen molar-refractivity contribution in [3.05, 3.63) is 29.8 Å². The van der Waals surface area contributed by atoms with Crippen molar-refractivity contribution in [2.24, 2.45) is 0 Å². The van der Waals surface area contributed by atoms with Crippen LogP contribution in [-0.2, 0) is 13.0 Å². The number of rotatable bonds is 3. The van der Waals surface area contributed by atoms with Crippen molar-refractivity contribution in [1.82, 2.24) is 9.78 Å². The molecule has 0 saturated carbocycles. The Balaban J connectivity index is 2.03. The topological polar surface area (TPSA) is 33.1 Å². The summed E-state index contributed by atoms with van der Waals surface area (Å²) in [5.74, 6) is 1.22. The van der Waals surface area contributed by atoms with E-state index in [-0.39, 0.29) is 0 Å². The van der Waals surface area contributed by atoms with Gasteiger partial charge in [-0.05, 0) is 38.3 Å². The molecule has 1 N–H and O–H groups in total. The molecule has 0 unspecified atom stereocenters. The third kappa shape index (κ3) is 2.62. The number of hydrogen-bond acceptors (Lipinski definition) is 3. The van der Waals surface area contributed by atoms with Crippen LogP contribution in [-0.4, -0.2) is 30.4 Å². The molecule has 0 bridgehead atoms. The van der Waals surface area contributed by atoms with Gasteiger partial charge in [0.05, 0.1) is 5.69 Å². The first-order valence-corrected chi connectivity index (χ1v) is 7.82. The average molecular weight is 284 g/mol. The van der Waals surface area contributed by atoms with Crippen molar-refractivity contribution in [1.29, 1.82) is 0 Å². The highest BCUT2D eigenvalue weighted by atomic mass is 15.3. The van der Waals surface area contributed by atoms with Gasteiger partial charge in [-0.3, -0.25) is 0 Å². The SMILES string of the molecule is CCn1nc(-c2ccc(N(C)C)cc2)c2c1NCCCC2. The fourth-order valence-electron chi connectivity index (χ4n) is 2.95. The molecule has 112 valence electrons. The Morgan fingerprint density at radius 2 is 1.95 bits per heavy atom. The highest BCUT2D eigenvalue weighted by Gasteiger charge is 2.19. The Hall–Kier alpha value is -1.97. The van der Waals surface area contributed by atoms with Gasteiger partial charge < -0.3 is 10.2 Å². The normalized spacial score (nSPS) is 14.2. The Bertz CT molecular complexity index is 610. The molecule has 0 amide bonds. The second-order valence-corrected chi connectivity index (χ2v) is 5.82. The molecular formula is C17H24N4. The number of aryl methyl sites for hydroxylation is 1. The zero-order chi connectivity index (χ0) is 14.8. The van der Waals surface area contributed by atoms with Crippen molar-refractivity contribution < 1.29 is 0 Å². The van der Waals surface area contributed by atoms with Crippen molar-refractivity contribution in [3.8, 4) is 11.3 Å². The van der Waals surface area contributed by atoms with E-state index in [4.69, 9.17) is 5.10 Å². The Kier molecular flexibility index (Phi) is 3.86. The van der Waals surface area contributed by atoms with E-state index in [1.165, 1.54) is 35.5 Å². The zero-order valence-corrected chi connectivity index (χ0v) is 13.2. The second kappa shape index (κ2) is 5.80. The van der Waals surface area contributed by atoms with Crippen molar-refractivity contribution in [3.63, 3.8) is 0 Å². The van der Waals surface area contributed by atoms with Crippen LogP contribution in [0.5, 0.6) is 0 Å². The summed E-state index contributed by atoms with van der Waals surface area (Å²) in [6, 6.07) is 8.69. The van der Waals surface area contributed by atoms with E-state index in [1.54, 1.807) is 0 Å². The van der Waals surface area contributed by atoms with Gasteiger partial charge >= 0.3 is 0 Å². The van der Waals surface area contributed by atoms with E-state index in [0.717, 1.165) is 25.2 Å². The molecule has 0 saturated heterocycles. The number of anilines is 2. The molecule has 1 aromatic heterocycles. The lowest BCUT2D eigenvalue weighted by Crippen LogP contribution is -2.08. The number of benzene rings is 1. The monoisotopic (exact) mass is 284 g/mol. The lowest BCUT2D eigenvalue weighted by molar-refractivity contribution is 0.665. The van der Waals surface area contributed by atoms with E-state index in [1.807, 2.05) is 0 Å². The molecular weight excluding hydrogens is 260 g/mol. The smallest absolute Gasteiger partial charge is 0.128 e. The summed E-state index contributed by atoms with van der Waals surface area (Å²) in [4.78, 5) is 2.12. The van der Waals surface area contributed by atoms with Crippen LogP contribution in [0.2, 0.25) is 0 Å². The summed E-state index contributed by atoms with van der Waals surface area (Å²) in [6.45, 7) is 4.11. The third-order valence-electron chi connectivity index (χ3n) is 4.15. The van der Waals surface area contributed by atoms with Gasteiger partial charge in [-0.2, -0.15) is 5.10 Å². The molecule has 0 aliphatic carbocycles. The minimum atomic E-state index is 0.908. The fraction of sp³-hybridized carbons (Fsp3) is 0.471. The molecule has 0 radical (unpaired) electrons. The van der Waals surface area contributed by atoms with Crippen LogP contribution in [0.25, 0.3) is 11.3 Å². The van der Waals surface area contributed by atoms with Crippen LogP contribution in [0.1, 0.15) is 25.3 Å². The molecule has 3 rings (SSSR count). The molecule has 2 heterocycles. The maximum absolute atomic E-state index is 4.84. The van der Waals surface area contributed by atoms with Gasteiger partial charge in [-0.25, -0.2) is 4.68 Å². The van der Waals surface area contributed by atoms with E-state index < -0.39 is 0 Å². The minimum absolute atomic E-state index is 0.908. The number of hydrogen-bond donors (Lipinski definition) is 1. The highest BCUT2D eigenvalue weighted by molar-refractivity contribution is 5.71. The van der Waals surface area contributed by atoms with Gasteiger partial charge in [-0.15, -0.1) is 0 Å². The standard InChI is InChI=1S/C17H24N4/c1-4-21-17-15(7-5-6-12-18-17)16(19-21)13-8-10-14(11-9-13)20(2)3/h8-11,18H,4-7,12H2,1-3H3. The van der Waals surface area contributed by atoms with Crippen molar-refractivity contribution >= 4 is 11.5 Å². The van der Waals surface area contributed by atoms with Gasteiger partial charge in [0.1, 0.15) is 5.82 Å². The van der Waals surface area contributed by atoms with Gasteiger partial charge in [0, 0.05) is 44.0 Å².